The Morgan fingerprint density at radius 2 is 1.70 bits per heavy atom. The molecule has 1 unspecified atom stereocenters. The van der Waals surface area contributed by atoms with Crippen LogP contribution in [0.3, 0.4) is 0 Å². The Balaban J connectivity index is 2.03. The number of halogens is 2. The maximum Gasteiger partial charge on any atom is 0.0861 e. The molecule has 0 spiro atoms. The molecule has 4 N–H and O–H groups in total. The fourth-order valence-electron chi connectivity index (χ4n) is 2.55. The summed E-state index contributed by atoms with van der Waals surface area (Å²) in [6.07, 6.45) is 5.77. The Bertz CT molecular complexity index is 821. The summed E-state index contributed by atoms with van der Waals surface area (Å²) < 4.78 is 0. The lowest BCUT2D eigenvalue weighted by molar-refractivity contribution is 1.19. The second kappa shape index (κ2) is 6.53. The topological polar surface area (TPSA) is 52.0 Å². The highest BCUT2D eigenvalue weighted by Gasteiger charge is 2.24. The van der Waals surface area contributed by atoms with Crippen LogP contribution in [0.15, 0.2) is 72.0 Å². The Morgan fingerprint density at radius 3 is 2.39 bits per heavy atom. The van der Waals surface area contributed by atoms with Crippen molar-refractivity contribution in [2.24, 2.45) is 5.73 Å². The summed E-state index contributed by atoms with van der Waals surface area (Å²) in [6, 6.07) is 15.4. The molecule has 116 valence electrons. The summed E-state index contributed by atoms with van der Waals surface area (Å²) in [7, 11) is 0. The Kier molecular flexibility index (Phi) is 4.46. The van der Waals surface area contributed by atoms with E-state index in [4.69, 9.17) is 34.7 Å². The van der Waals surface area contributed by atoms with Gasteiger partial charge in [-0.05, 0) is 46.6 Å². The lowest BCUT2D eigenvalue weighted by Gasteiger charge is -2.23. The van der Waals surface area contributed by atoms with Gasteiger partial charge in [0.05, 0.1) is 10.4 Å². The molecule has 23 heavy (non-hydrogen) atoms. The van der Waals surface area contributed by atoms with Crippen molar-refractivity contribution in [3.05, 3.63) is 88.1 Å². The Hall–Kier alpha value is -2.16. The highest BCUT2D eigenvalue weighted by molar-refractivity contribution is 6.35. The van der Waals surface area contributed by atoms with Gasteiger partial charge in [0.25, 0.3) is 0 Å². The smallest absolute Gasteiger partial charge is 0.0861 e. The van der Waals surface area contributed by atoms with Crippen molar-refractivity contribution in [3.63, 3.8) is 0 Å². The zero-order valence-corrected chi connectivity index (χ0v) is 13.9. The van der Waals surface area contributed by atoms with Gasteiger partial charge in [0.2, 0.25) is 0 Å². The number of alkyl halides is 1. The van der Waals surface area contributed by atoms with Gasteiger partial charge in [-0.1, -0.05) is 54.1 Å². The zero-order valence-electron chi connectivity index (χ0n) is 12.3. The van der Waals surface area contributed by atoms with Crippen LogP contribution in [0.5, 0.6) is 0 Å². The molecule has 3 rings (SSSR count). The fraction of sp³-hybridized carbons (Fsp3) is 0.0526. The van der Waals surface area contributed by atoms with Crippen LogP contribution in [0.25, 0.3) is 11.6 Å². The first kappa shape index (κ1) is 15.7. The molecule has 4 heteroatoms. The molecule has 0 radical (unpaired) electrons. The van der Waals surface area contributed by atoms with E-state index in [1.165, 1.54) is 0 Å². The first-order chi connectivity index (χ1) is 11.1. The minimum atomic E-state index is -0.374. The van der Waals surface area contributed by atoms with E-state index >= 15 is 0 Å². The molecular formula is C19H16Cl2N2. The molecule has 0 saturated heterocycles. The normalized spacial score (nSPS) is 19.4. The summed E-state index contributed by atoms with van der Waals surface area (Å²) in [5, 5.41) is 0.205. The van der Waals surface area contributed by atoms with Gasteiger partial charge in [-0.2, -0.15) is 0 Å². The molecule has 2 aromatic rings. The molecule has 2 aromatic carbocycles. The molecule has 0 aromatic heterocycles. The first-order valence-electron chi connectivity index (χ1n) is 7.20. The second-order valence-electron chi connectivity index (χ2n) is 5.36. The van der Waals surface area contributed by atoms with E-state index in [0.29, 0.717) is 16.4 Å². The number of benzene rings is 2. The highest BCUT2D eigenvalue weighted by atomic mass is 35.5. The van der Waals surface area contributed by atoms with E-state index < -0.39 is 0 Å². The van der Waals surface area contributed by atoms with Crippen LogP contribution in [-0.2, 0) is 0 Å². The Morgan fingerprint density at radius 1 is 0.957 bits per heavy atom. The van der Waals surface area contributed by atoms with E-state index in [2.05, 4.69) is 0 Å². The van der Waals surface area contributed by atoms with Crippen molar-refractivity contribution in [2.45, 2.75) is 5.38 Å². The van der Waals surface area contributed by atoms with Crippen LogP contribution in [0.1, 0.15) is 11.1 Å². The van der Waals surface area contributed by atoms with Crippen molar-refractivity contribution in [1.29, 1.82) is 0 Å². The number of nitrogen functional groups attached to an aromatic ring is 1. The third-order valence-electron chi connectivity index (χ3n) is 3.75. The van der Waals surface area contributed by atoms with Crippen LogP contribution in [0, 0.1) is 0 Å². The molecule has 1 atom stereocenters. The van der Waals surface area contributed by atoms with E-state index in [9.17, 15) is 0 Å². The van der Waals surface area contributed by atoms with Gasteiger partial charge in [0.1, 0.15) is 0 Å². The quantitative estimate of drug-likeness (QED) is 0.605. The molecule has 1 aliphatic rings. The maximum absolute atomic E-state index is 6.69. The van der Waals surface area contributed by atoms with Gasteiger partial charge in [0, 0.05) is 11.4 Å². The maximum atomic E-state index is 6.69. The third-order valence-corrected chi connectivity index (χ3v) is 4.53. The molecule has 0 saturated carbocycles. The van der Waals surface area contributed by atoms with Crippen LogP contribution in [0.2, 0.25) is 5.02 Å². The van der Waals surface area contributed by atoms with Crippen LogP contribution in [0.4, 0.5) is 5.69 Å². The summed E-state index contributed by atoms with van der Waals surface area (Å²) in [6.45, 7) is 0. The van der Waals surface area contributed by atoms with Crippen molar-refractivity contribution in [1.82, 2.24) is 0 Å². The number of anilines is 1. The highest BCUT2D eigenvalue weighted by Crippen LogP contribution is 2.38. The minimum absolute atomic E-state index is 0.374. The van der Waals surface area contributed by atoms with E-state index in [1.54, 1.807) is 6.07 Å². The monoisotopic (exact) mass is 342 g/mol. The van der Waals surface area contributed by atoms with Gasteiger partial charge in [-0.3, -0.25) is 0 Å². The molecule has 1 aliphatic carbocycles. The standard InChI is InChI=1S/C19H16Cl2N2/c20-17-11-13(22)6-7-14(17)15-8-9-18(23)16(19(15)21)10-12-4-2-1-3-5-12/h1-11,19H,22-23H2. The minimum Gasteiger partial charge on any atom is -0.399 e. The molecule has 2 nitrogen and oxygen atoms in total. The molecule has 0 aliphatic heterocycles. The number of hydrogen-bond donors (Lipinski definition) is 2. The molecule has 0 heterocycles. The number of hydrogen-bond acceptors (Lipinski definition) is 2. The molecule has 0 fully saturated rings. The SMILES string of the molecule is NC1=CC=C(c2ccc(N)cc2Cl)C(Cl)C1=Cc1ccccc1. The number of nitrogens with two attached hydrogens (primary N) is 2. The van der Waals surface area contributed by atoms with Gasteiger partial charge >= 0.3 is 0 Å². The van der Waals surface area contributed by atoms with Crippen molar-refractivity contribution >= 4 is 40.5 Å². The summed E-state index contributed by atoms with van der Waals surface area (Å²) >= 11 is 13.0. The second-order valence-corrected chi connectivity index (χ2v) is 6.20. The summed E-state index contributed by atoms with van der Waals surface area (Å²) in [4.78, 5) is 0. The molecule has 0 bridgehead atoms. The van der Waals surface area contributed by atoms with Gasteiger partial charge in [-0.25, -0.2) is 0 Å². The average Bonchev–Trinajstić information content (AvgIpc) is 2.53. The third kappa shape index (κ3) is 3.29. The van der Waals surface area contributed by atoms with E-state index in [1.807, 2.05) is 60.7 Å². The average molecular weight is 343 g/mol. The van der Waals surface area contributed by atoms with E-state index in [-0.39, 0.29) is 5.38 Å². The summed E-state index contributed by atoms with van der Waals surface area (Å²) in [5.74, 6) is 0. The van der Waals surface area contributed by atoms with Gasteiger partial charge in [-0.15, -0.1) is 11.6 Å². The van der Waals surface area contributed by atoms with Crippen LogP contribution >= 0.6 is 23.2 Å². The lowest BCUT2D eigenvalue weighted by atomic mass is 9.90. The van der Waals surface area contributed by atoms with Crippen molar-refractivity contribution in [2.75, 3.05) is 5.73 Å². The molecular weight excluding hydrogens is 327 g/mol. The largest absolute Gasteiger partial charge is 0.399 e. The zero-order chi connectivity index (χ0) is 16.4. The van der Waals surface area contributed by atoms with Crippen molar-refractivity contribution in [3.8, 4) is 0 Å². The Labute approximate surface area is 145 Å². The van der Waals surface area contributed by atoms with Crippen LogP contribution in [-0.4, -0.2) is 5.38 Å². The van der Waals surface area contributed by atoms with Gasteiger partial charge < -0.3 is 11.5 Å². The van der Waals surface area contributed by atoms with Crippen molar-refractivity contribution < 1.29 is 0 Å². The predicted octanol–water partition coefficient (Wildman–Crippen LogP) is 4.85. The number of rotatable bonds is 2. The first-order valence-corrected chi connectivity index (χ1v) is 8.01. The van der Waals surface area contributed by atoms with Gasteiger partial charge in [0.15, 0.2) is 0 Å². The molecule has 0 amide bonds. The van der Waals surface area contributed by atoms with E-state index in [0.717, 1.165) is 22.3 Å². The van der Waals surface area contributed by atoms with Crippen LogP contribution < -0.4 is 11.5 Å². The fourth-order valence-corrected chi connectivity index (χ4v) is 3.23. The number of allylic oxidation sites excluding steroid dienone is 4. The summed E-state index contributed by atoms with van der Waals surface area (Å²) in [5.41, 5.74) is 16.9. The predicted molar refractivity (Wildman–Crippen MR) is 100 cm³/mol. The lowest BCUT2D eigenvalue weighted by Crippen LogP contribution is -2.16.